The van der Waals surface area contributed by atoms with Crippen molar-refractivity contribution in [3.63, 3.8) is 0 Å². The quantitative estimate of drug-likeness (QED) is 0.687. The highest BCUT2D eigenvalue weighted by atomic mass is 19.1. The molecule has 0 saturated carbocycles. The van der Waals surface area contributed by atoms with Crippen LogP contribution in [-0.4, -0.2) is 28.1 Å². The van der Waals surface area contributed by atoms with Crippen molar-refractivity contribution in [1.29, 1.82) is 0 Å². The molecule has 0 spiro atoms. The van der Waals surface area contributed by atoms with Crippen molar-refractivity contribution in [2.75, 3.05) is 0 Å². The second-order valence-corrected chi connectivity index (χ2v) is 6.47. The van der Waals surface area contributed by atoms with Crippen LogP contribution in [0.4, 0.5) is 9.18 Å². The van der Waals surface area contributed by atoms with Crippen LogP contribution in [0, 0.1) is 11.7 Å². The normalized spacial score (nSPS) is 13.1. The summed E-state index contributed by atoms with van der Waals surface area (Å²) < 4.78 is 18.1. The van der Waals surface area contributed by atoms with Crippen molar-refractivity contribution in [2.45, 2.75) is 32.4 Å². The number of hydrogen-bond acceptors (Lipinski definition) is 5. The summed E-state index contributed by atoms with van der Waals surface area (Å²) in [5.74, 6) is -0.985. The van der Waals surface area contributed by atoms with Gasteiger partial charge in [-0.1, -0.05) is 32.0 Å². The molecule has 0 bridgehead atoms. The summed E-state index contributed by atoms with van der Waals surface area (Å²) in [6.07, 6.45) is -1.61. The summed E-state index contributed by atoms with van der Waals surface area (Å²) in [5.41, 5.74) is 5.94. The largest absolute Gasteiger partial charge is 0.414 e. The van der Waals surface area contributed by atoms with Crippen LogP contribution in [0.1, 0.15) is 37.6 Å². The molecule has 144 valence electrons. The molecule has 1 unspecified atom stereocenters. The van der Waals surface area contributed by atoms with Crippen LogP contribution in [-0.2, 0) is 4.79 Å². The van der Waals surface area contributed by atoms with Gasteiger partial charge in [-0.25, -0.2) is 14.2 Å². The van der Waals surface area contributed by atoms with Gasteiger partial charge in [0, 0.05) is 6.07 Å². The molecule has 0 saturated heterocycles. The highest BCUT2D eigenvalue weighted by Gasteiger charge is 2.21. The average molecular weight is 375 g/mol. The summed E-state index contributed by atoms with van der Waals surface area (Å²) in [7, 11) is 0. The number of ether oxygens (including phenoxy) is 1. The second kappa shape index (κ2) is 9.09. The molecule has 2 amide bonds. The van der Waals surface area contributed by atoms with Gasteiger partial charge in [0.1, 0.15) is 18.0 Å². The number of hydrogen-bond donors (Lipinski definition) is 3. The van der Waals surface area contributed by atoms with E-state index >= 15 is 0 Å². The molecule has 0 aliphatic rings. The van der Waals surface area contributed by atoms with Crippen LogP contribution in [0.25, 0.3) is 0 Å². The number of aliphatic hydroxyl groups is 1. The third kappa shape index (κ3) is 6.03. The van der Waals surface area contributed by atoms with Gasteiger partial charge in [0.15, 0.2) is 0 Å². The Morgan fingerprint density at radius 3 is 2.48 bits per heavy atom. The van der Waals surface area contributed by atoms with Gasteiger partial charge >= 0.3 is 6.09 Å². The first-order valence-electron chi connectivity index (χ1n) is 8.44. The van der Waals surface area contributed by atoms with E-state index < -0.39 is 30.0 Å². The van der Waals surface area contributed by atoms with Gasteiger partial charge in [-0.2, -0.15) is 0 Å². The highest BCUT2D eigenvalue weighted by Crippen LogP contribution is 2.22. The first kappa shape index (κ1) is 20.3. The molecule has 4 N–H and O–H groups in total. The molecule has 2 rings (SSSR count). The lowest BCUT2D eigenvalue weighted by atomic mass is 10.0. The van der Waals surface area contributed by atoms with E-state index in [1.54, 1.807) is 12.1 Å². The van der Waals surface area contributed by atoms with E-state index in [2.05, 4.69) is 10.3 Å². The Kier molecular flexibility index (Phi) is 6.84. The highest BCUT2D eigenvalue weighted by molar-refractivity contribution is 5.84. The first-order valence-corrected chi connectivity index (χ1v) is 8.44. The number of nitrogens with one attached hydrogen (secondary N) is 1. The molecule has 0 radical (unpaired) electrons. The zero-order chi connectivity index (χ0) is 20.0. The zero-order valence-electron chi connectivity index (χ0n) is 15.1. The fourth-order valence-electron chi connectivity index (χ4n) is 2.44. The maximum absolute atomic E-state index is 13.0. The Bertz CT molecular complexity index is 796. The number of rotatable bonds is 7. The summed E-state index contributed by atoms with van der Waals surface area (Å²) in [5, 5.41) is 12.8. The van der Waals surface area contributed by atoms with Gasteiger partial charge < -0.3 is 20.9 Å². The Balaban J connectivity index is 2.07. The Morgan fingerprint density at radius 1 is 1.22 bits per heavy atom. The third-order valence-corrected chi connectivity index (χ3v) is 3.75. The van der Waals surface area contributed by atoms with E-state index in [0.29, 0.717) is 12.0 Å². The number of carbonyl (C=O) groups excluding carboxylic acids is 2. The number of nitrogens with two attached hydrogens (primary N) is 1. The summed E-state index contributed by atoms with van der Waals surface area (Å²) in [6, 6.07) is 9.00. The fourth-order valence-corrected chi connectivity index (χ4v) is 2.44. The minimum Gasteiger partial charge on any atom is -0.391 e. The van der Waals surface area contributed by atoms with E-state index in [1.165, 1.54) is 30.3 Å². The van der Waals surface area contributed by atoms with Gasteiger partial charge in [-0.15, -0.1) is 0 Å². The molecule has 2 aromatic rings. The van der Waals surface area contributed by atoms with Crippen LogP contribution in [0.5, 0.6) is 5.88 Å². The fraction of sp³-hybridized carbons (Fsp3) is 0.316. The number of primary amides is 1. The summed E-state index contributed by atoms with van der Waals surface area (Å²) in [4.78, 5) is 27.5. The standard InChI is InChI=1S/C19H22FN3O4/c1-11(2)10-15(18(21)25)23-19(26)27-16-5-3-4-14(22-16)17(24)12-6-8-13(20)9-7-12/h3-9,11,15,17,24H,10H2,1-2H3,(H2,21,25)(H,23,26)/t15-,17?/m0/s1. The number of pyridine rings is 1. The predicted molar refractivity (Wildman–Crippen MR) is 96.3 cm³/mol. The summed E-state index contributed by atoms with van der Waals surface area (Å²) >= 11 is 0. The molecule has 1 aromatic carbocycles. The van der Waals surface area contributed by atoms with E-state index in [0.717, 1.165) is 0 Å². The lowest BCUT2D eigenvalue weighted by Crippen LogP contribution is -2.46. The Hall–Kier alpha value is -3.00. The lowest BCUT2D eigenvalue weighted by Gasteiger charge is -2.17. The van der Waals surface area contributed by atoms with Crippen molar-refractivity contribution in [3.05, 3.63) is 59.5 Å². The third-order valence-electron chi connectivity index (χ3n) is 3.75. The predicted octanol–water partition coefficient (Wildman–Crippen LogP) is 2.29. The Labute approximate surface area is 156 Å². The van der Waals surface area contributed by atoms with Gasteiger partial charge in [-0.05, 0) is 36.1 Å². The van der Waals surface area contributed by atoms with Crippen molar-refractivity contribution in [2.24, 2.45) is 11.7 Å². The van der Waals surface area contributed by atoms with Crippen molar-refractivity contribution in [3.8, 4) is 5.88 Å². The van der Waals surface area contributed by atoms with E-state index in [4.69, 9.17) is 10.5 Å². The van der Waals surface area contributed by atoms with Crippen molar-refractivity contribution < 1.29 is 23.8 Å². The monoisotopic (exact) mass is 375 g/mol. The van der Waals surface area contributed by atoms with Crippen molar-refractivity contribution in [1.82, 2.24) is 10.3 Å². The molecule has 8 heteroatoms. The SMILES string of the molecule is CC(C)C[C@H](NC(=O)Oc1cccc(C(O)c2ccc(F)cc2)n1)C(N)=O. The zero-order valence-corrected chi connectivity index (χ0v) is 15.1. The average Bonchev–Trinajstić information content (AvgIpc) is 2.61. The van der Waals surface area contributed by atoms with Crippen LogP contribution in [0.2, 0.25) is 0 Å². The summed E-state index contributed by atoms with van der Waals surface area (Å²) in [6.45, 7) is 3.79. The number of nitrogens with zero attached hydrogens (tertiary/aromatic N) is 1. The van der Waals surface area contributed by atoms with Crippen molar-refractivity contribution >= 4 is 12.0 Å². The molecular weight excluding hydrogens is 353 g/mol. The number of benzene rings is 1. The molecule has 1 aromatic heterocycles. The topological polar surface area (TPSA) is 115 Å². The number of aromatic nitrogens is 1. The number of carbonyl (C=O) groups is 2. The molecule has 1 heterocycles. The molecule has 27 heavy (non-hydrogen) atoms. The smallest absolute Gasteiger partial charge is 0.391 e. The van der Waals surface area contributed by atoms with E-state index in [1.807, 2.05) is 13.8 Å². The van der Waals surface area contributed by atoms with Crippen LogP contribution in [0.15, 0.2) is 42.5 Å². The molecule has 0 aliphatic carbocycles. The Morgan fingerprint density at radius 2 is 1.89 bits per heavy atom. The number of halogens is 1. The molecule has 7 nitrogen and oxygen atoms in total. The first-order chi connectivity index (χ1) is 12.8. The maximum atomic E-state index is 13.0. The van der Waals surface area contributed by atoms with Crippen LogP contribution < -0.4 is 15.8 Å². The van der Waals surface area contributed by atoms with E-state index in [-0.39, 0.29) is 17.5 Å². The number of aliphatic hydroxyl groups excluding tert-OH is 1. The van der Waals surface area contributed by atoms with Crippen LogP contribution >= 0.6 is 0 Å². The van der Waals surface area contributed by atoms with Crippen LogP contribution in [0.3, 0.4) is 0 Å². The van der Waals surface area contributed by atoms with Gasteiger partial charge in [0.25, 0.3) is 0 Å². The van der Waals surface area contributed by atoms with Gasteiger partial charge in [-0.3, -0.25) is 4.79 Å². The minimum absolute atomic E-state index is 0.0565. The molecular formula is C19H22FN3O4. The lowest BCUT2D eigenvalue weighted by molar-refractivity contribution is -0.120. The second-order valence-electron chi connectivity index (χ2n) is 6.47. The van der Waals surface area contributed by atoms with Gasteiger partial charge in [0.2, 0.25) is 11.8 Å². The molecule has 0 fully saturated rings. The minimum atomic E-state index is -1.11. The van der Waals surface area contributed by atoms with Gasteiger partial charge in [0.05, 0.1) is 5.69 Å². The molecule has 0 aliphatic heterocycles. The molecule has 2 atom stereocenters. The maximum Gasteiger partial charge on any atom is 0.414 e. The van der Waals surface area contributed by atoms with E-state index in [9.17, 15) is 19.1 Å². The number of amides is 2.